The van der Waals surface area contributed by atoms with Gasteiger partial charge in [-0.2, -0.15) is 0 Å². The molecule has 0 aliphatic heterocycles. The lowest BCUT2D eigenvalue weighted by molar-refractivity contribution is 0.579. The number of nitrogens with zero attached hydrogens (tertiary/aromatic N) is 3. The Balaban J connectivity index is 1.93. The minimum absolute atomic E-state index is 0.351. The summed E-state index contributed by atoms with van der Waals surface area (Å²) in [4.78, 5) is 0.351. The molecule has 0 aliphatic carbocycles. The van der Waals surface area contributed by atoms with Crippen molar-refractivity contribution in [2.75, 3.05) is 0 Å². The van der Waals surface area contributed by atoms with Crippen LogP contribution in [0.1, 0.15) is 26.2 Å². The molecule has 1 aromatic heterocycles. The Bertz CT molecular complexity index is 963. The fourth-order valence-electron chi connectivity index (χ4n) is 2.72. The highest BCUT2D eigenvalue weighted by Crippen LogP contribution is 2.22. The highest BCUT2D eigenvalue weighted by atomic mass is 32.2. The highest BCUT2D eigenvalue weighted by molar-refractivity contribution is 7.92. The van der Waals surface area contributed by atoms with Gasteiger partial charge in [-0.05, 0) is 36.8 Å². The van der Waals surface area contributed by atoms with Gasteiger partial charge in [-0.25, -0.2) is 13.1 Å². The van der Waals surface area contributed by atoms with Crippen LogP contribution in [0.15, 0.2) is 65.6 Å². The van der Waals surface area contributed by atoms with E-state index in [4.69, 9.17) is 0 Å². The van der Waals surface area contributed by atoms with Crippen molar-refractivity contribution < 1.29 is 8.42 Å². The van der Waals surface area contributed by atoms with Crippen molar-refractivity contribution in [2.45, 2.75) is 36.3 Å². The standard InChI is InChI=1S/C19H21N3O2S/c1-2-3-9-17(25(23,24)16-10-5-4-6-11-16)14-15-22-19-13-8-7-12-18(19)20-21-22/h4-8,10-15,17H,2-3,9H2,1H3. The van der Waals surface area contributed by atoms with Gasteiger partial charge in [0.25, 0.3) is 0 Å². The van der Waals surface area contributed by atoms with Crippen LogP contribution in [0, 0.1) is 0 Å². The average molecular weight is 355 g/mol. The summed E-state index contributed by atoms with van der Waals surface area (Å²) in [5.74, 6) is 0. The maximum atomic E-state index is 13.0. The Kier molecular flexibility index (Phi) is 5.28. The number of benzene rings is 2. The molecule has 0 saturated heterocycles. The zero-order chi connectivity index (χ0) is 17.7. The summed E-state index contributed by atoms with van der Waals surface area (Å²) >= 11 is 0. The van der Waals surface area contributed by atoms with E-state index in [2.05, 4.69) is 17.2 Å². The Hall–Kier alpha value is -2.47. The molecule has 0 fully saturated rings. The van der Waals surface area contributed by atoms with Crippen LogP contribution in [0.3, 0.4) is 0 Å². The van der Waals surface area contributed by atoms with Crippen LogP contribution >= 0.6 is 0 Å². The molecule has 0 bridgehead atoms. The van der Waals surface area contributed by atoms with Crippen molar-refractivity contribution in [1.82, 2.24) is 15.0 Å². The Morgan fingerprint density at radius 3 is 2.56 bits per heavy atom. The number of sulfone groups is 1. The Morgan fingerprint density at radius 1 is 1.08 bits per heavy atom. The van der Waals surface area contributed by atoms with Gasteiger partial charge in [0.1, 0.15) is 5.52 Å². The largest absolute Gasteiger partial charge is 0.223 e. The van der Waals surface area contributed by atoms with E-state index in [1.54, 1.807) is 41.2 Å². The first-order valence-corrected chi connectivity index (χ1v) is 9.94. The minimum Gasteiger partial charge on any atom is -0.223 e. The second-order valence-electron chi connectivity index (χ2n) is 5.90. The predicted molar refractivity (Wildman–Crippen MR) is 99.8 cm³/mol. The summed E-state index contributed by atoms with van der Waals surface area (Å²) in [6, 6.07) is 16.2. The highest BCUT2D eigenvalue weighted by Gasteiger charge is 2.24. The average Bonchev–Trinajstić information content (AvgIpc) is 3.05. The van der Waals surface area contributed by atoms with Gasteiger partial charge in [0.2, 0.25) is 0 Å². The first kappa shape index (κ1) is 17.4. The molecule has 1 atom stereocenters. The third kappa shape index (κ3) is 3.79. The molecule has 0 amide bonds. The second-order valence-corrected chi connectivity index (χ2v) is 8.07. The predicted octanol–water partition coefficient (Wildman–Crippen LogP) is 3.93. The lowest BCUT2D eigenvalue weighted by atomic mass is 10.2. The normalized spacial score (nSPS) is 13.5. The number of rotatable bonds is 7. The number of unbranched alkanes of at least 4 members (excludes halogenated alkanes) is 1. The molecule has 3 rings (SSSR count). The molecule has 130 valence electrons. The second kappa shape index (κ2) is 7.61. The number of fused-ring (bicyclic) bond motifs is 1. The van der Waals surface area contributed by atoms with E-state index >= 15 is 0 Å². The van der Waals surface area contributed by atoms with Crippen molar-refractivity contribution in [3.05, 3.63) is 60.7 Å². The number of aromatic nitrogens is 3. The van der Waals surface area contributed by atoms with Crippen molar-refractivity contribution in [3.63, 3.8) is 0 Å². The smallest absolute Gasteiger partial charge is 0.184 e. The number of hydrogen-bond acceptors (Lipinski definition) is 4. The van der Waals surface area contributed by atoms with Crippen LogP contribution in [-0.2, 0) is 9.84 Å². The van der Waals surface area contributed by atoms with Gasteiger partial charge in [0.05, 0.1) is 15.7 Å². The zero-order valence-electron chi connectivity index (χ0n) is 14.1. The van der Waals surface area contributed by atoms with E-state index in [0.717, 1.165) is 23.9 Å². The molecule has 1 unspecified atom stereocenters. The molecule has 6 heteroatoms. The number of para-hydroxylation sites is 1. The van der Waals surface area contributed by atoms with Gasteiger partial charge < -0.3 is 0 Å². The number of hydrogen-bond donors (Lipinski definition) is 0. The van der Waals surface area contributed by atoms with Crippen LogP contribution < -0.4 is 0 Å². The van der Waals surface area contributed by atoms with Gasteiger partial charge in [0.15, 0.2) is 9.84 Å². The third-order valence-corrected chi connectivity index (χ3v) is 6.25. The van der Waals surface area contributed by atoms with E-state index in [0.29, 0.717) is 11.3 Å². The van der Waals surface area contributed by atoms with Crippen LogP contribution in [0.4, 0.5) is 0 Å². The summed E-state index contributed by atoms with van der Waals surface area (Å²) in [7, 11) is -3.43. The van der Waals surface area contributed by atoms with Gasteiger partial charge in [0, 0.05) is 6.20 Å². The van der Waals surface area contributed by atoms with E-state index in [9.17, 15) is 8.42 Å². The lowest BCUT2D eigenvalue weighted by Crippen LogP contribution is -2.19. The first-order valence-electron chi connectivity index (χ1n) is 8.40. The van der Waals surface area contributed by atoms with Crippen molar-refractivity contribution in [3.8, 4) is 0 Å². The molecule has 5 nitrogen and oxygen atoms in total. The van der Waals surface area contributed by atoms with Gasteiger partial charge in [-0.1, -0.05) is 55.3 Å². The Labute approximate surface area is 147 Å². The fourth-order valence-corrected chi connectivity index (χ4v) is 4.36. The van der Waals surface area contributed by atoms with Crippen LogP contribution in [-0.4, -0.2) is 28.7 Å². The quantitative estimate of drug-likeness (QED) is 0.644. The molecule has 2 aromatic carbocycles. The van der Waals surface area contributed by atoms with E-state index in [1.165, 1.54) is 0 Å². The monoisotopic (exact) mass is 355 g/mol. The molecule has 25 heavy (non-hydrogen) atoms. The third-order valence-electron chi connectivity index (χ3n) is 4.13. The Morgan fingerprint density at radius 2 is 1.80 bits per heavy atom. The van der Waals surface area contributed by atoms with Crippen LogP contribution in [0.2, 0.25) is 0 Å². The van der Waals surface area contributed by atoms with E-state index in [-0.39, 0.29) is 0 Å². The van der Waals surface area contributed by atoms with E-state index in [1.807, 2.05) is 30.3 Å². The summed E-state index contributed by atoms with van der Waals surface area (Å²) in [5.41, 5.74) is 1.63. The van der Waals surface area contributed by atoms with Crippen molar-refractivity contribution in [2.24, 2.45) is 0 Å². The first-order chi connectivity index (χ1) is 12.1. The van der Waals surface area contributed by atoms with Gasteiger partial charge in [-0.15, -0.1) is 5.10 Å². The van der Waals surface area contributed by atoms with E-state index < -0.39 is 15.1 Å². The molecule has 0 spiro atoms. The van der Waals surface area contributed by atoms with Crippen LogP contribution in [0.5, 0.6) is 0 Å². The van der Waals surface area contributed by atoms with Crippen molar-refractivity contribution in [1.29, 1.82) is 0 Å². The molecular weight excluding hydrogens is 334 g/mol. The topological polar surface area (TPSA) is 64.8 Å². The molecule has 1 heterocycles. The summed E-state index contributed by atoms with van der Waals surface area (Å²) in [6.07, 6.45) is 5.80. The molecule has 0 saturated carbocycles. The van der Waals surface area contributed by atoms with Crippen LogP contribution in [0.25, 0.3) is 17.2 Å². The minimum atomic E-state index is -3.43. The molecule has 0 radical (unpaired) electrons. The van der Waals surface area contributed by atoms with Gasteiger partial charge in [-0.3, -0.25) is 0 Å². The maximum absolute atomic E-state index is 13.0. The van der Waals surface area contributed by atoms with Gasteiger partial charge >= 0.3 is 0 Å². The molecule has 3 aromatic rings. The summed E-state index contributed by atoms with van der Waals surface area (Å²) in [5, 5.41) is 7.59. The SMILES string of the molecule is CCCCC(C=Cn1nnc2ccccc21)S(=O)(=O)c1ccccc1. The summed E-state index contributed by atoms with van der Waals surface area (Å²) < 4.78 is 27.5. The maximum Gasteiger partial charge on any atom is 0.184 e. The fraction of sp³-hybridized carbons (Fsp3) is 0.263. The lowest BCUT2D eigenvalue weighted by Gasteiger charge is -2.14. The molecule has 0 N–H and O–H groups in total. The summed E-state index contributed by atoms with van der Waals surface area (Å²) in [6.45, 7) is 2.06. The zero-order valence-corrected chi connectivity index (χ0v) is 14.9. The molecular formula is C19H21N3O2S. The molecule has 0 aliphatic rings. The van der Waals surface area contributed by atoms with Crippen molar-refractivity contribution >= 4 is 27.1 Å².